The minimum atomic E-state index is 0.0879. The summed E-state index contributed by atoms with van der Waals surface area (Å²) in [6, 6.07) is 13.3. The number of hydrogen-bond donors (Lipinski definition) is 1. The standard InChI is InChI=1S/C13H10N2O/c14-7-6-11-8-12(16)9-15-13(11)10-4-2-1-3-5-10/h1-5,8-9,16H,6H2. The average molecular weight is 210 g/mol. The Morgan fingerprint density at radius 1 is 1.25 bits per heavy atom. The Labute approximate surface area is 93.6 Å². The van der Waals surface area contributed by atoms with Gasteiger partial charge < -0.3 is 5.11 Å². The fourth-order valence-corrected chi connectivity index (χ4v) is 1.57. The van der Waals surface area contributed by atoms with E-state index < -0.39 is 0 Å². The zero-order valence-electron chi connectivity index (χ0n) is 8.59. The number of nitriles is 1. The number of rotatable bonds is 2. The molecule has 0 bridgehead atoms. The second kappa shape index (κ2) is 4.45. The van der Waals surface area contributed by atoms with Crippen molar-refractivity contribution in [2.24, 2.45) is 0 Å². The molecule has 0 unspecified atom stereocenters. The number of benzene rings is 1. The van der Waals surface area contributed by atoms with Gasteiger partial charge in [-0.1, -0.05) is 30.3 Å². The highest BCUT2D eigenvalue weighted by molar-refractivity contribution is 5.64. The third-order valence-corrected chi connectivity index (χ3v) is 2.27. The van der Waals surface area contributed by atoms with Crippen LogP contribution < -0.4 is 0 Å². The van der Waals surface area contributed by atoms with Gasteiger partial charge in [-0.2, -0.15) is 5.26 Å². The van der Waals surface area contributed by atoms with Gasteiger partial charge in [-0.05, 0) is 11.6 Å². The van der Waals surface area contributed by atoms with Crippen LogP contribution in [0.25, 0.3) is 11.3 Å². The van der Waals surface area contributed by atoms with E-state index in [4.69, 9.17) is 5.26 Å². The fourth-order valence-electron chi connectivity index (χ4n) is 1.57. The van der Waals surface area contributed by atoms with Gasteiger partial charge in [0.15, 0.2) is 0 Å². The molecule has 0 spiro atoms. The highest BCUT2D eigenvalue weighted by atomic mass is 16.3. The first-order chi connectivity index (χ1) is 7.81. The molecule has 1 N–H and O–H groups in total. The Morgan fingerprint density at radius 3 is 2.69 bits per heavy atom. The van der Waals surface area contributed by atoms with E-state index in [9.17, 15) is 5.11 Å². The molecular formula is C13H10N2O. The van der Waals surface area contributed by atoms with Gasteiger partial charge in [0.2, 0.25) is 0 Å². The molecule has 3 nitrogen and oxygen atoms in total. The highest BCUT2D eigenvalue weighted by Gasteiger charge is 2.07. The van der Waals surface area contributed by atoms with Crippen LogP contribution >= 0.6 is 0 Å². The maximum Gasteiger partial charge on any atom is 0.134 e. The first-order valence-corrected chi connectivity index (χ1v) is 4.91. The molecule has 1 heterocycles. The molecule has 2 aromatic rings. The lowest BCUT2D eigenvalue weighted by molar-refractivity contribution is 0.472. The van der Waals surface area contributed by atoms with Crippen molar-refractivity contribution in [1.82, 2.24) is 4.98 Å². The second-order valence-electron chi connectivity index (χ2n) is 3.40. The molecule has 0 aliphatic rings. The summed E-state index contributed by atoms with van der Waals surface area (Å²) in [4.78, 5) is 4.17. The maximum absolute atomic E-state index is 9.34. The van der Waals surface area contributed by atoms with Crippen molar-refractivity contribution >= 4 is 0 Å². The number of hydrogen-bond acceptors (Lipinski definition) is 3. The molecule has 0 saturated heterocycles. The van der Waals surface area contributed by atoms with Crippen LogP contribution in [0.3, 0.4) is 0 Å². The molecule has 0 aliphatic heterocycles. The van der Waals surface area contributed by atoms with E-state index in [-0.39, 0.29) is 12.2 Å². The van der Waals surface area contributed by atoms with Gasteiger partial charge in [0.05, 0.1) is 24.4 Å². The first kappa shape index (κ1) is 10.2. The summed E-state index contributed by atoms with van der Waals surface area (Å²) in [6.07, 6.45) is 1.63. The van der Waals surface area contributed by atoms with E-state index in [1.807, 2.05) is 30.3 Å². The van der Waals surface area contributed by atoms with Crippen LogP contribution in [-0.4, -0.2) is 10.1 Å². The topological polar surface area (TPSA) is 56.9 Å². The van der Waals surface area contributed by atoms with Gasteiger partial charge in [-0.15, -0.1) is 0 Å². The van der Waals surface area contributed by atoms with E-state index in [0.717, 1.165) is 16.8 Å². The van der Waals surface area contributed by atoms with Crippen LogP contribution in [0.4, 0.5) is 0 Å². The zero-order chi connectivity index (χ0) is 11.4. The predicted octanol–water partition coefficient (Wildman–Crippen LogP) is 2.52. The van der Waals surface area contributed by atoms with Crippen LogP contribution in [-0.2, 0) is 6.42 Å². The molecule has 1 aromatic heterocycles. The summed E-state index contributed by atoms with van der Waals surface area (Å²) < 4.78 is 0. The molecule has 0 saturated carbocycles. The summed E-state index contributed by atoms with van der Waals surface area (Å²) in [5.41, 5.74) is 2.45. The van der Waals surface area contributed by atoms with Crippen molar-refractivity contribution in [3.05, 3.63) is 48.2 Å². The van der Waals surface area contributed by atoms with Gasteiger partial charge >= 0.3 is 0 Å². The third kappa shape index (κ3) is 2.01. The Kier molecular flexibility index (Phi) is 2.84. The van der Waals surface area contributed by atoms with Crippen molar-refractivity contribution in [3.63, 3.8) is 0 Å². The molecule has 0 atom stereocenters. The maximum atomic E-state index is 9.34. The quantitative estimate of drug-likeness (QED) is 0.828. The molecule has 0 radical (unpaired) electrons. The van der Waals surface area contributed by atoms with Gasteiger partial charge in [0.1, 0.15) is 5.75 Å². The van der Waals surface area contributed by atoms with E-state index in [0.29, 0.717) is 0 Å². The summed E-state index contributed by atoms with van der Waals surface area (Å²) in [7, 11) is 0. The minimum absolute atomic E-state index is 0.0879. The molecule has 16 heavy (non-hydrogen) atoms. The fraction of sp³-hybridized carbons (Fsp3) is 0.0769. The predicted molar refractivity (Wildman–Crippen MR) is 60.7 cm³/mol. The van der Waals surface area contributed by atoms with Gasteiger partial charge in [-0.25, -0.2) is 0 Å². The summed E-state index contributed by atoms with van der Waals surface area (Å²) in [5.74, 6) is 0.0879. The summed E-state index contributed by atoms with van der Waals surface area (Å²) in [5, 5.41) is 18.1. The summed E-state index contributed by atoms with van der Waals surface area (Å²) in [6.45, 7) is 0. The lowest BCUT2D eigenvalue weighted by Crippen LogP contribution is -1.91. The molecule has 3 heteroatoms. The third-order valence-electron chi connectivity index (χ3n) is 2.27. The molecule has 0 fully saturated rings. The number of nitrogens with zero attached hydrogens (tertiary/aromatic N) is 2. The van der Waals surface area contributed by atoms with Crippen LogP contribution in [0.1, 0.15) is 5.56 Å². The monoisotopic (exact) mass is 210 g/mol. The number of aromatic nitrogens is 1. The van der Waals surface area contributed by atoms with Gasteiger partial charge in [-0.3, -0.25) is 4.98 Å². The van der Waals surface area contributed by atoms with Crippen LogP contribution in [0.2, 0.25) is 0 Å². The molecule has 0 aliphatic carbocycles. The van der Waals surface area contributed by atoms with Crippen molar-refractivity contribution in [2.75, 3.05) is 0 Å². The normalized spacial score (nSPS) is 9.69. The van der Waals surface area contributed by atoms with Crippen LogP contribution in [0.15, 0.2) is 42.6 Å². The van der Waals surface area contributed by atoms with Crippen LogP contribution in [0.5, 0.6) is 5.75 Å². The first-order valence-electron chi connectivity index (χ1n) is 4.91. The second-order valence-corrected chi connectivity index (χ2v) is 3.40. The molecule has 78 valence electrons. The number of pyridine rings is 1. The Bertz CT molecular complexity index is 529. The van der Waals surface area contributed by atoms with E-state index in [1.54, 1.807) is 6.07 Å². The minimum Gasteiger partial charge on any atom is -0.506 e. The Balaban J connectivity index is 2.53. The van der Waals surface area contributed by atoms with E-state index in [1.165, 1.54) is 6.20 Å². The highest BCUT2D eigenvalue weighted by Crippen LogP contribution is 2.24. The zero-order valence-corrected chi connectivity index (χ0v) is 8.59. The molecule has 0 amide bonds. The van der Waals surface area contributed by atoms with Crippen molar-refractivity contribution in [2.45, 2.75) is 6.42 Å². The van der Waals surface area contributed by atoms with E-state index >= 15 is 0 Å². The lowest BCUT2D eigenvalue weighted by Gasteiger charge is -2.06. The Hall–Kier alpha value is -2.34. The van der Waals surface area contributed by atoms with E-state index in [2.05, 4.69) is 11.1 Å². The average Bonchev–Trinajstić information content (AvgIpc) is 2.31. The van der Waals surface area contributed by atoms with Gasteiger partial charge in [0.25, 0.3) is 0 Å². The Morgan fingerprint density at radius 2 is 2.00 bits per heavy atom. The molecular weight excluding hydrogens is 200 g/mol. The van der Waals surface area contributed by atoms with Crippen molar-refractivity contribution in [1.29, 1.82) is 5.26 Å². The lowest BCUT2D eigenvalue weighted by atomic mass is 10.0. The van der Waals surface area contributed by atoms with Crippen LogP contribution in [0, 0.1) is 11.3 Å². The van der Waals surface area contributed by atoms with Gasteiger partial charge in [0, 0.05) is 5.56 Å². The smallest absolute Gasteiger partial charge is 0.134 e. The van der Waals surface area contributed by atoms with Crippen molar-refractivity contribution in [3.8, 4) is 23.1 Å². The largest absolute Gasteiger partial charge is 0.506 e. The molecule has 2 rings (SSSR count). The van der Waals surface area contributed by atoms with Crippen molar-refractivity contribution < 1.29 is 5.11 Å². The number of aromatic hydroxyl groups is 1. The SMILES string of the molecule is N#CCc1cc(O)cnc1-c1ccccc1. The summed E-state index contributed by atoms with van der Waals surface area (Å²) >= 11 is 0. The molecule has 1 aromatic carbocycles.